The third-order valence-corrected chi connectivity index (χ3v) is 6.35. The Labute approximate surface area is 189 Å². The molecule has 10 heteroatoms. The minimum Gasteiger partial charge on any atom is -0.472 e. The van der Waals surface area contributed by atoms with Gasteiger partial charge in [-0.25, -0.2) is 9.78 Å². The van der Waals surface area contributed by atoms with Crippen molar-refractivity contribution in [2.45, 2.75) is 44.1 Å². The van der Waals surface area contributed by atoms with Crippen LogP contribution in [0.2, 0.25) is 0 Å². The van der Waals surface area contributed by atoms with Gasteiger partial charge in [0.2, 0.25) is 5.88 Å². The average molecular weight is 465 g/mol. The largest absolute Gasteiger partial charge is 0.472 e. The number of benzene rings is 1. The highest BCUT2D eigenvalue weighted by molar-refractivity contribution is 5.65. The number of hydrogen-bond acceptors (Lipinski definition) is 5. The van der Waals surface area contributed by atoms with Gasteiger partial charge >= 0.3 is 12.3 Å². The van der Waals surface area contributed by atoms with Crippen molar-refractivity contribution >= 4 is 11.8 Å². The lowest BCUT2D eigenvalue weighted by Gasteiger charge is -2.31. The molecule has 3 heterocycles. The highest BCUT2D eigenvalue weighted by Gasteiger charge is 2.31. The lowest BCUT2D eigenvalue weighted by Crippen LogP contribution is -2.36. The third kappa shape index (κ3) is 5.32. The second-order valence-corrected chi connectivity index (χ2v) is 8.45. The minimum atomic E-state index is -4.43. The molecule has 1 atom stereocenters. The highest BCUT2D eigenvalue weighted by atomic mass is 19.4. The van der Waals surface area contributed by atoms with Gasteiger partial charge in [0, 0.05) is 49.6 Å². The van der Waals surface area contributed by atoms with Gasteiger partial charge in [0.05, 0.1) is 18.7 Å². The van der Waals surface area contributed by atoms with Gasteiger partial charge in [0.15, 0.2) is 0 Å². The fourth-order valence-electron chi connectivity index (χ4n) is 4.53. The maximum atomic E-state index is 12.7. The van der Waals surface area contributed by atoms with E-state index in [0.717, 1.165) is 41.9 Å². The molecule has 0 bridgehead atoms. The van der Waals surface area contributed by atoms with Gasteiger partial charge in [0.1, 0.15) is 6.10 Å². The number of nitrogens with zero attached hydrogens (tertiary/aromatic N) is 3. The third-order valence-electron chi connectivity index (χ3n) is 6.35. The molecule has 1 amide bonds. The number of aliphatic hydroxyl groups is 1. The van der Waals surface area contributed by atoms with Crippen molar-refractivity contribution < 1.29 is 32.9 Å². The van der Waals surface area contributed by atoms with E-state index in [9.17, 15) is 23.1 Å². The number of carbonyl (C=O) groups is 1. The second kappa shape index (κ2) is 9.46. The van der Waals surface area contributed by atoms with Crippen LogP contribution in [0, 0.1) is 0 Å². The van der Waals surface area contributed by atoms with Crippen LogP contribution in [0.1, 0.15) is 41.9 Å². The molecule has 0 saturated carbocycles. The molecule has 0 spiro atoms. The number of amides is 1. The van der Waals surface area contributed by atoms with Crippen LogP contribution in [0.4, 0.5) is 23.7 Å². The van der Waals surface area contributed by atoms with Crippen molar-refractivity contribution in [3.8, 4) is 5.88 Å². The van der Waals surface area contributed by atoms with Gasteiger partial charge in [-0.1, -0.05) is 12.1 Å². The number of ether oxygens (including phenoxy) is 1. The molecule has 4 rings (SSSR count). The van der Waals surface area contributed by atoms with Crippen LogP contribution in [0.15, 0.2) is 36.5 Å². The topological polar surface area (TPSA) is 86.1 Å². The summed E-state index contributed by atoms with van der Waals surface area (Å²) in [5, 5.41) is 19.1. The van der Waals surface area contributed by atoms with Gasteiger partial charge in [-0.2, -0.15) is 13.2 Å². The average Bonchev–Trinajstić information content (AvgIpc) is 3.26. The highest BCUT2D eigenvalue weighted by Crippen LogP contribution is 2.34. The van der Waals surface area contributed by atoms with Gasteiger partial charge in [0.25, 0.3) is 0 Å². The molecule has 7 nitrogen and oxygen atoms in total. The van der Waals surface area contributed by atoms with E-state index in [1.165, 1.54) is 11.0 Å². The summed E-state index contributed by atoms with van der Waals surface area (Å²) in [4.78, 5) is 18.4. The fraction of sp³-hybridized carbons (Fsp3) is 0.478. The zero-order valence-electron chi connectivity index (χ0n) is 18.0. The second-order valence-electron chi connectivity index (χ2n) is 8.45. The summed E-state index contributed by atoms with van der Waals surface area (Å²) in [6.07, 6.45) is -2.60. The zero-order chi connectivity index (χ0) is 23.6. The lowest BCUT2D eigenvalue weighted by atomic mass is 9.88. The molecule has 178 valence electrons. The summed E-state index contributed by atoms with van der Waals surface area (Å²) in [5.41, 5.74) is 1.97. The predicted molar refractivity (Wildman–Crippen MR) is 114 cm³/mol. The number of halogens is 3. The molecular weight excluding hydrogens is 439 g/mol. The number of rotatable bonds is 5. The Morgan fingerprint density at radius 2 is 1.88 bits per heavy atom. The quantitative estimate of drug-likeness (QED) is 0.691. The van der Waals surface area contributed by atoms with E-state index in [2.05, 4.69) is 9.88 Å². The van der Waals surface area contributed by atoms with E-state index >= 15 is 0 Å². The summed E-state index contributed by atoms with van der Waals surface area (Å²) >= 11 is 0. The SMILES string of the molecule is O=C(O)N1CCC(c2ccc(N3CC[C@H](Oc4ccc(C(F)(F)F)cn4)C3)c(CO)c2)CC1. The van der Waals surface area contributed by atoms with Crippen molar-refractivity contribution in [2.24, 2.45) is 0 Å². The van der Waals surface area contributed by atoms with Crippen molar-refractivity contribution in [3.63, 3.8) is 0 Å². The van der Waals surface area contributed by atoms with E-state index in [1.54, 1.807) is 0 Å². The van der Waals surface area contributed by atoms with Crippen LogP contribution in [0.5, 0.6) is 5.88 Å². The van der Waals surface area contributed by atoms with Crippen LogP contribution >= 0.6 is 0 Å². The lowest BCUT2D eigenvalue weighted by molar-refractivity contribution is -0.137. The van der Waals surface area contributed by atoms with E-state index < -0.39 is 17.8 Å². The summed E-state index contributed by atoms with van der Waals surface area (Å²) in [7, 11) is 0. The molecule has 0 radical (unpaired) electrons. The molecule has 33 heavy (non-hydrogen) atoms. The van der Waals surface area contributed by atoms with E-state index in [-0.39, 0.29) is 24.5 Å². The smallest absolute Gasteiger partial charge is 0.417 e. The first kappa shape index (κ1) is 23.2. The molecule has 2 saturated heterocycles. The van der Waals surface area contributed by atoms with Gasteiger partial charge in [-0.15, -0.1) is 0 Å². The van der Waals surface area contributed by atoms with Crippen LogP contribution in [0.25, 0.3) is 0 Å². The fourth-order valence-corrected chi connectivity index (χ4v) is 4.53. The molecule has 0 unspecified atom stereocenters. The van der Waals surface area contributed by atoms with Crippen LogP contribution in [0.3, 0.4) is 0 Å². The van der Waals surface area contributed by atoms with Crippen molar-refractivity contribution in [1.82, 2.24) is 9.88 Å². The summed E-state index contributed by atoms with van der Waals surface area (Å²) < 4.78 is 43.9. The Kier molecular flexibility index (Phi) is 6.64. The van der Waals surface area contributed by atoms with Gasteiger partial charge in [-0.3, -0.25) is 0 Å². The summed E-state index contributed by atoms with van der Waals surface area (Å²) in [5.74, 6) is 0.403. The number of piperidine rings is 1. The number of likely N-dealkylation sites (tertiary alicyclic amines) is 1. The molecular formula is C23H26F3N3O4. The van der Waals surface area contributed by atoms with Crippen LogP contribution in [-0.2, 0) is 12.8 Å². The Bertz CT molecular complexity index is 976. The molecule has 2 fully saturated rings. The predicted octanol–water partition coefficient (Wildman–Crippen LogP) is 4.11. The number of aliphatic hydroxyl groups excluding tert-OH is 1. The number of alkyl halides is 3. The van der Waals surface area contributed by atoms with Crippen molar-refractivity contribution in [1.29, 1.82) is 0 Å². The van der Waals surface area contributed by atoms with E-state index in [1.807, 2.05) is 18.2 Å². The van der Waals surface area contributed by atoms with Crippen molar-refractivity contribution in [2.75, 3.05) is 31.1 Å². The van der Waals surface area contributed by atoms with Crippen molar-refractivity contribution in [3.05, 3.63) is 53.2 Å². The molecule has 2 aliphatic rings. The van der Waals surface area contributed by atoms with Gasteiger partial charge < -0.3 is 24.7 Å². The maximum absolute atomic E-state index is 12.7. The first-order chi connectivity index (χ1) is 15.7. The first-order valence-electron chi connectivity index (χ1n) is 10.9. The number of carboxylic acid groups (broad SMARTS) is 1. The molecule has 2 aromatic rings. The van der Waals surface area contributed by atoms with Crippen LogP contribution < -0.4 is 9.64 Å². The van der Waals surface area contributed by atoms with Gasteiger partial charge in [-0.05, 0) is 36.5 Å². The molecule has 2 N–H and O–H groups in total. The number of anilines is 1. The molecule has 0 aliphatic carbocycles. The summed E-state index contributed by atoms with van der Waals surface area (Å²) in [6.45, 7) is 2.10. The Balaban J connectivity index is 1.39. The Morgan fingerprint density at radius 1 is 1.12 bits per heavy atom. The number of hydrogen-bond donors (Lipinski definition) is 2. The number of aromatic nitrogens is 1. The number of pyridine rings is 1. The van der Waals surface area contributed by atoms with E-state index in [4.69, 9.17) is 9.84 Å². The van der Waals surface area contributed by atoms with E-state index in [0.29, 0.717) is 32.6 Å². The molecule has 2 aliphatic heterocycles. The molecule has 1 aromatic carbocycles. The monoisotopic (exact) mass is 465 g/mol. The standard InChI is InChI=1S/C23H26F3N3O4/c24-23(25,26)18-2-4-21(27-12-18)33-19-7-10-29(13-19)20-3-1-16(11-17(20)14-30)15-5-8-28(9-6-15)22(31)32/h1-4,11-12,15,19,30H,5-10,13-14H2,(H,31,32)/t19-/m0/s1. The Hall–Kier alpha value is -3.01. The Morgan fingerprint density at radius 3 is 2.48 bits per heavy atom. The molecule has 1 aromatic heterocycles. The first-order valence-corrected chi connectivity index (χ1v) is 10.9. The minimum absolute atomic E-state index is 0.125. The normalized spacial score (nSPS) is 19.7. The summed E-state index contributed by atoms with van der Waals surface area (Å²) in [6, 6.07) is 8.18. The zero-order valence-corrected chi connectivity index (χ0v) is 18.0. The van der Waals surface area contributed by atoms with Crippen LogP contribution in [-0.4, -0.2) is 58.5 Å². The maximum Gasteiger partial charge on any atom is 0.417 e.